The number of hydrogen-bond donors (Lipinski definition) is 0. The van der Waals surface area contributed by atoms with Crippen molar-refractivity contribution in [2.45, 2.75) is 0 Å². The molecule has 0 bridgehead atoms. The lowest BCUT2D eigenvalue weighted by Gasteiger charge is -1.98. The number of nitrogens with zero attached hydrogens (tertiary/aromatic N) is 2. The second kappa shape index (κ2) is 2.27. The van der Waals surface area contributed by atoms with Crippen LogP contribution >= 0.6 is 0 Å². The highest BCUT2D eigenvalue weighted by Gasteiger charge is 1.93. The van der Waals surface area contributed by atoms with E-state index in [1.54, 1.807) is 13.3 Å². The van der Waals surface area contributed by atoms with Gasteiger partial charge in [0, 0.05) is 12.4 Å². The summed E-state index contributed by atoms with van der Waals surface area (Å²) in [5.74, 6) is 0.843. The molecule has 0 spiro atoms. The summed E-state index contributed by atoms with van der Waals surface area (Å²) in [6.07, 6.45) is 5.54. The van der Waals surface area contributed by atoms with Crippen LogP contribution in [0.3, 0.4) is 0 Å². The van der Waals surface area contributed by atoms with Crippen molar-refractivity contribution in [3.8, 4) is 5.75 Å². The van der Waals surface area contributed by atoms with Crippen molar-refractivity contribution >= 4 is 5.65 Å². The maximum Gasteiger partial charge on any atom is 0.136 e. The SMILES string of the molecule is COc1ccc2nccn2c1. The molecule has 0 radical (unpaired) electrons. The van der Waals surface area contributed by atoms with Crippen LogP contribution in [0.5, 0.6) is 5.75 Å². The van der Waals surface area contributed by atoms with E-state index in [4.69, 9.17) is 4.74 Å². The Kier molecular flexibility index (Phi) is 1.28. The number of methoxy groups -OCH3 is 1. The number of fused-ring (bicyclic) bond motifs is 1. The summed E-state index contributed by atoms with van der Waals surface area (Å²) < 4.78 is 6.96. The van der Waals surface area contributed by atoms with Gasteiger partial charge in [-0.15, -0.1) is 0 Å². The Labute approximate surface area is 64.2 Å². The summed E-state index contributed by atoms with van der Waals surface area (Å²) in [7, 11) is 1.65. The van der Waals surface area contributed by atoms with E-state index in [0.29, 0.717) is 0 Å². The van der Waals surface area contributed by atoms with Crippen molar-refractivity contribution in [2.75, 3.05) is 7.11 Å². The minimum absolute atomic E-state index is 0.843. The van der Waals surface area contributed by atoms with Crippen LogP contribution in [-0.2, 0) is 0 Å². The zero-order chi connectivity index (χ0) is 7.68. The normalized spacial score (nSPS) is 10.3. The van der Waals surface area contributed by atoms with Gasteiger partial charge in [0.25, 0.3) is 0 Å². The monoisotopic (exact) mass is 148 g/mol. The lowest BCUT2D eigenvalue weighted by Crippen LogP contribution is -1.86. The number of aromatic nitrogens is 2. The Morgan fingerprint density at radius 3 is 3.18 bits per heavy atom. The fourth-order valence-corrected chi connectivity index (χ4v) is 1.02. The van der Waals surface area contributed by atoms with Gasteiger partial charge < -0.3 is 9.14 Å². The predicted molar refractivity (Wildman–Crippen MR) is 41.7 cm³/mol. The summed E-state index contributed by atoms with van der Waals surface area (Å²) in [6, 6.07) is 3.81. The number of imidazole rings is 1. The molecule has 0 fully saturated rings. The maximum absolute atomic E-state index is 5.04. The van der Waals surface area contributed by atoms with Gasteiger partial charge in [-0.25, -0.2) is 4.98 Å². The molecular formula is C8H8N2O. The fraction of sp³-hybridized carbons (Fsp3) is 0.125. The van der Waals surface area contributed by atoms with E-state index >= 15 is 0 Å². The van der Waals surface area contributed by atoms with Crippen molar-refractivity contribution in [3.05, 3.63) is 30.7 Å². The lowest BCUT2D eigenvalue weighted by atomic mass is 10.4. The van der Waals surface area contributed by atoms with E-state index in [2.05, 4.69) is 4.98 Å². The molecule has 0 aliphatic rings. The van der Waals surface area contributed by atoms with E-state index < -0.39 is 0 Å². The minimum atomic E-state index is 0.843. The van der Waals surface area contributed by atoms with Gasteiger partial charge in [0.2, 0.25) is 0 Å². The van der Waals surface area contributed by atoms with Crippen LogP contribution in [0.15, 0.2) is 30.7 Å². The third kappa shape index (κ3) is 0.941. The number of pyridine rings is 1. The molecular weight excluding hydrogens is 140 g/mol. The Bertz CT molecular complexity index is 367. The predicted octanol–water partition coefficient (Wildman–Crippen LogP) is 1.34. The van der Waals surface area contributed by atoms with Crippen molar-refractivity contribution < 1.29 is 4.74 Å². The zero-order valence-corrected chi connectivity index (χ0v) is 6.19. The first kappa shape index (κ1) is 6.22. The van der Waals surface area contributed by atoms with Gasteiger partial charge in [-0.1, -0.05) is 0 Å². The van der Waals surface area contributed by atoms with Gasteiger partial charge in [0.15, 0.2) is 0 Å². The highest BCUT2D eigenvalue weighted by molar-refractivity contribution is 5.41. The van der Waals surface area contributed by atoms with Crippen molar-refractivity contribution in [2.24, 2.45) is 0 Å². The molecule has 2 heterocycles. The Balaban J connectivity index is 2.67. The Morgan fingerprint density at radius 2 is 2.36 bits per heavy atom. The highest BCUT2D eigenvalue weighted by atomic mass is 16.5. The molecule has 0 unspecified atom stereocenters. The molecule has 11 heavy (non-hydrogen) atoms. The lowest BCUT2D eigenvalue weighted by molar-refractivity contribution is 0.412. The number of rotatable bonds is 1. The molecule has 3 heteroatoms. The summed E-state index contributed by atoms with van der Waals surface area (Å²) >= 11 is 0. The van der Waals surface area contributed by atoms with Crippen molar-refractivity contribution in [1.82, 2.24) is 9.38 Å². The third-order valence-corrected chi connectivity index (χ3v) is 1.60. The van der Waals surface area contributed by atoms with Gasteiger partial charge in [0.05, 0.1) is 13.3 Å². The molecule has 0 saturated heterocycles. The van der Waals surface area contributed by atoms with Gasteiger partial charge >= 0.3 is 0 Å². The van der Waals surface area contributed by atoms with Crippen LogP contribution in [0.2, 0.25) is 0 Å². The molecule has 0 aliphatic heterocycles. The van der Waals surface area contributed by atoms with E-state index in [1.807, 2.05) is 28.9 Å². The molecule has 2 aromatic rings. The van der Waals surface area contributed by atoms with Crippen LogP contribution in [0, 0.1) is 0 Å². The summed E-state index contributed by atoms with van der Waals surface area (Å²) in [5.41, 5.74) is 0.936. The topological polar surface area (TPSA) is 26.5 Å². The summed E-state index contributed by atoms with van der Waals surface area (Å²) in [4.78, 5) is 4.10. The first-order valence-corrected chi connectivity index (χ1v) is 3.37. The zero-order valence-electron chi connectivity index (χ0n) is 6.19. The molecule has 0 aliphatic carbocycles. The quantitative estimate of drug-likeness (QED) is 0.610. The summed E-state index contributed by atoms with van der Waals surface area (Å²) in [6.45, 7) is 0. The Morgan fingerprint density at radius 1 is 1.45 bits per heavy atom. The molecule has 56 valence electrons. The smallest absolute Gasteiger partial charge is 0.136 e. The molecule has 3 nitrogen and oxygen atoms in total. The molecule has 0 saturated carbocycles. The van der Waals surface area contributed by atoms with Gasteiger partial charge in [-0.3, -0.25) is 0 Å². The average Bonchev–Trinajstić information content (AvgIpc) is 2.50. The van der Waals surface area contributed by atoms with E-state index in [0.717, 1.165) is 11.4 Å². The first-order valence-electron chi connectivity index (χ1n) is 3.37. The maximum atomic E-state index is 5.04. The number of ether oxygens (including phenoxy) is 1. The largest absolute Gasteiger partial charge is 0.495 e. The van der Waals surface area contributed by atoms with Crippen molar-refractivity contribution in [3.63, 3.8) is 0 Å². The molecule has 2 rings (SSSR count). The second-order valence-electron chi connectivity index (χ2n) is 2.26. The minimum Gasteiger partial charge on any atom is -0.495 e. The fourth-order valence-electron chi connectivity index (χ4n) is 1.02. The van der Waals surface area contributed by atoms with Gasteiger partial charge in [0.1, 0.15) is 11.4 Å². The number of hydrogen-bond acceptors (Lipinski definition) is 2. The molecule has 0 aromatic carbocycles. The second-order valence-corrected chi connectivity index (χ2v) is 2.26. The highest BCUT2D eigenvalue weighted by Crippen LogP contribution is 2.10. The third-order valence-electron chi connectivity index (χ3n) is 1.60. The van der Waals surface area contributed by atoms with E-state index in [9.17, 15) is 0 Å². The van der Waals surface area contributed by atoms with Crippen LogP contribution in [0.1, 0.15) is 0 Å². The average molecular weight is 148 g/mol. The van der Waals surface area contributed by atoms with Crippen LogP contribution in [0.25, 0.3) is 5.65 Å². The van der Waals surface area contributed by atoms with Gasteiger partial charge in [-0.2, -0.15) is 0 Å². The van der Waals surface area contributed by atoms with Crippen LogP contribution < -0.4 is 4.74 Å². The van der Waals surface area contributed by atoms with Crippen LogP contribution in [-0.4, -0.2) is 16.5 Å². The Hall–Kier alpha value is -1.51. The molecule has 0 N–H and O–H groups in total. The van der Waals surface area contributed by atoms with E-state index in [1.165, 1.54) is 0 Å². The van der Waals surface area contributed by atoms with Crippen molar-refractivity contribution in [1.29, 1.82) is 0 Å². The molecule has 0 amide bonds. The molecule has 2 aromatic heterocycles. The van der Waals surface area contributed by atoms with Crippen LogP contribution in [0.4, 0.5) is 0 Å². The van der Waals surface area contributed by atoms with E-state index in [-0.39, 0.29) is 0 Å². The first-order chi connectivity index (χ1) is 5.40. The summed E-state index contributed by atoms with van der Waals surface area (Å²) in [5, 5.41) is 0. The molecule has 0 atom stereocenters. The van der Waals surface area contributed by atoms with Gasteiger partial charge in [-0.05, 0) is 12.1 Å². The standard InChI is InChI=1S/C8H8N2O/c1-11-7-2-3-8-9-4-5-10(8)6-7/h2-6H,1H3.